The van der Waals surface area contributed by atoms with Crippen LogP contribution < -0.4 is 15.4 Å². The molecule has 14 heteroatoms. The van der Waals surface area contributed by atoms with E-state index in [1.807, 2.05) is 18.2 Å². The van der Waals surface area contributed by atoms with Crippen molar-refractivity contribution >= 4 is 27.3 Å². The number of alkyl halides is 1. The zero-order chi connectivity index (χ0) is 31.7. The lowest BCUT2D eigenvalue weighted by molar-refractivity contribution is 0.114. The number of hydrogen-bond acceptors (Lipinski definition) is 11. The smallest absolute Gasteiger partial charge is 0.256 e. The molecule has 46 heavy (non-hydrogen) atoms. The van der Waals surface area contributed by atoms with Gasteiger partial charge in [0.15, 0.2) is 5.82 Å². The Morgan fingerprint density at radius 3 is 2.46 bits per heavy atom. The molecule has 5 heterocycles. The Balaban J connectivity index is 1.11. The molecule has 4 aromatic heterocycles. The molecule has 0 spiro atoms. The number of piperidine rings is 1. The van der Waals surface area contributed by atoms with Gasteiger partial charge in [-0.25, -0.2) is 27.8 Å². The highest BCUT2D eigenvalue weighted by Gasteiger charge is 2.37. The Morgan fingerprint density at radius 1 is 0.913 bits per heavy atom. The molecular weight excluding hydrogens is 609 g/mol. The molecular formula is C32H38FN9O3S. The van der Waals surface area contributed by atoms with E-state index in [0.717, 1.165) is 65.6 Å². The van der Waals surface area contributed by atoms with Crippen LogP contribution in [-0.2, 0) is 10.0 Å². The van der Waals surface area contributed by atoms with Gasteiger partial charge in [-0.2, -0.15) is 9.19 Å². The van der Waals surface area contributed by atoms with Gasteiger partial charge in [-0.05, 0) is 76.6 Å². The number of pyridine rings is 2. The van der Waals surface area contributed by atoms with E-state index in [9.17, 15) is 12.8 Å². The van der Waals surface area contributed by atoms with Crippen LogP contribution in [0.3, 0.4) is 0 Å². The van der Waals surface area contributed by atoms with E-state index in [-0.39, 0.29) is 17.4 Å². The predicted octanol–water partition coefficient (Wildman–Crippen LogP) is 5.05. The first-order valence-corrected chi connectivity index (χ1v) is 17.4. The SMILES string of the molecule is CN1CCC(Oc2ccc(-c3cnc(Nc4ccnc(-c5cnn(S(=O)(=O)C6CC6)c5)n4)cc3NC3CCC(F)CC3)nc2)CC1. The van der Waals surface area contributed by atoms with Gasteiger partial charge in [0, 0.05) is 48.8 Å². The van der Waals surface area contributed by atoms with Crippen LogP contribution in [0.2, 0.25) is 0 Å². The quantitative estimate of drug-likeness (QED) is 0.239. The summed E-state index contributed by atoms with van der Waals surface area (Å²) in [5, 5.41) is 10.6. The number of rotatable bonds is 10. The van der Waals surface area contributed by atoms with Crippen LogP contribution in [0.4, 0.5) is 21.7 Å². The van der Waals surface area contributed by atoms with Gasteiger partial charge in [-0.3, -0.25) is 4.98 Å². The van der Waals surface area contributed by atoms with Gasteiger partial charge in [0.25, 0.3) is 10.0 Å². The zero-order valence-electron chi connectivity index (χ0n) is 25.7. The molecule has 2 saturated carbocycles. The molecule has 7 rings (SSSR count). The third-order valence-electron chi connectivity index (χ3n) is 8.84. The number of ether oxygens (including phenoxy) is 1. The molecule has 242 valence electrons. The summed E-state index contributed by atoms with van der Waals surface area (Å²) in [4.78, 5) is 20.6. The molecule has 3 fully saturated rings. The van der Waals surface area contributed by atoms with Gasteiger partial charge in [-0.1, -0.05) is 0 Å². The summed E-state index contributed by atoms with van der Waals surface area (Å²) < 4.78 is 46.3. The second-order valence-corrected chi connectivity index (χ2v) is 14.5. The third-order valence-corrected chi connectivity index (χ3v) is 10.9. The fourth-order valence-electron chi connectivity index (χ4n) is 5.95. The number of likely N-dealkylation sites (tertiary alicyclic amines) is 1. The van der Waals surface area contributed by atoms with Gasteiger partial charge in [-0.15, -0.1) is 0 Å². The van der Waals surface area contributed by atoms with E-state index in [0.29, 0.717) is 48.7 Å². The van der Waals surface area contributed by atoms with Crippen LogP contribution in [0.15, 0.2) is 55.2 Å². The summed E-state index contributed by atoms with van der Waals surface area (Å²) in [5.41, 5.74) is 2.90. The molecule has 1 saturated heterocycles. The number of anilines is 3. The van der Waals surface area contributed by atoms with Crippen molar-refractivity contribution in [1.29, 1.82) is 0 Å². The molecule has 0 radical (unpaired) electrons. The maximum Gasteiger partial charge on any atom is 0.256 e. The average molecular weight is 648 g/mol. The molecule has 4 aromatic rings. The Morgan fingerprint density at radius 2 is 1.72 bits per heavy atom. The lowest BCUT2D eigenvalue weighted by Crippen LogP contribution is -2.35. The normalized spacial score (nSPS) is 21.2. The molecule has 12 nitrogen and oxygen atoms in total. The van der Waals surface area contributed by atoms with E-state index >= 15 is 0 Å². The van der Waals surface area contributed by atoms with Crippen molar-refractivity contribution in [3.63, 3.8) is 0 Å². The van der Waals surface area contributed by atoms with E-state index in [2.05, 4.69) is 42.6 Å². The summed E-state index contributed by atoms with van der Waals surface area (Å²) in [6, 6.07) is 7.64. The molecule has 3 aliphatic rings. The minimum absolute atomic E-state index is 0.127. The highest BCUT2D eigenvalue weighted by Crippen LogP contribution is 2.34. The van der Waals surface area contributed by atoms with Crippen molar-refractivity contribution in [3.8, 4) is 28.4 Å². The second kappa shape index (κ2) is 12.9. The summed E-state index contributed by atoms with van der Waals surface area (Å²) in [6.07, 6.45) is 13.3. The summed E-state index contributed by atoms with van der Waals surface area (Å²) in [5.74, 6) is 2.12. The van der Waals surface area contributed by atoms with Crippen molar-refractivity contribution in [2.24, 2.45) is 0 Å². The monoisotopic (exact) mass is 647 g/mol. The fraction of sp³-hybridized carbons (Fsp3) is 0.469. The summed E-state index contributed by atoms with van der Waals surface area (Å²) >= 11 is 0. The van der Waals surface area contributed by atoms with Crippen LogP contribution in [0.25, 0.3) is 22.6 Å². The standard InChI is InChI=1S/C32H38FN9O3S/c1-41-14-11-24(12-15-41)45-25-6-9-28(35-18-25)27-19-36-31(16-29(27)38-23-4-2-22(33)3-5-23)39-30-10-13-34-32(40-30)21-17-37-42(20-21)46(43,44)26-7-8-26/h6,9-10,13,16-20,22-24,26H,2-5,7-8,11-12,14-15H2,1H3,(H2,34,36,38,39,40). The highest BCUT2D eigenvalue weighted by molar-refractivity contribution is 7.90. The lowest BCUT2D eigenvalue weighted by atomic mass is 9.93. The molecule has 0 unspecified atom stereocenters. The fourth-order valence-corrected chi connectivity index (χ4v) is 7.42. The van der Waals surface area contributed by atoms with E-state index < -0.39 is 16.2 Å². The Kier molecular flexibility index (Phi) is 8.56. The van der Waals surface area contributed by atoms with Crippen molar-refractivity contribution in [3.05, 3.63) is 55.2 Å². The van der Waals surface area contributed by atoms with Crippen LogP contribution in [0.5, 0.6) is 5.75 Å². The van der Waals surface area contributed by atoms with Crippen LogP contribution in [0, 0.1) is 0 Å². The van der Waals surface area contributed by atoms with Gasteiger partial charge in [0.1, 0.15) is 29.7 Å². The number of nitrogens with one attached hydrogen (secondary N) is 2. The number of aromatic nitrogens is 6. The van der Waals surface area contributed by atoms with Crippen LogP contribution >= 0.6 is 0 Å². The Bertz CT molecular complexity index is 1770. The number of nitrogens with zero attached hydrogens (tertiary/aromatic N) is 7. The largest absolute Gasteiger partial charge is 0.489 e. The second-order valence-electron chi connectivity index (χ2n) is 12.4. The maximum atomic E-state index is 13.9. The van der Waals surface area contributed by atoms with Gasteiger partial charge < -0.3 is 20.3 Å². The zero-order valence-corrected chi connectivity index (χ0v) is 26.5. The third kappa shape index (κ3) is 6.97. The predicted molar refractivity (Wildman–Crippen MR) is 173 cm³/mol. The van der Waals surface area contributed by atoms with Gasteiger partial charge >= 0.3 is 0 Å². The molecule has 2 N–H and O–H groups in total. The molecule has 0 amide bonds. The topological polar surface area (TPSA) is 140 Å². The first-order valence-electron chi connectivity index (χ1n) is 15.9. The molecule has 0 bridgehead atoms. The first-order chi connectivity index (χ1) is 22.3. The van der Waals surface area contributed by atoms with Gasteiger partial charge in [0.05, 0.1) is 35.1 Å². The minimum atomic E-state index is -3.49. The van der Waals surface area contributed by atoms with Crippen LogP contribution in [0.1, 0.15) is 51.4 Å². The van der Waals surface area contributed by atoms with Crippen molar-refractivity contribution in [2.75, 3.05) is 30.8 Å². The summed E-state index contributed by atoms with van der Waals surface area (Å²) in [6.45, 7) is 2.04. The Labute approximate surface area is 267 Å². The first kappa shape index (κ1) is 30.5. The molecule has 0 aromatic carbocycles. The van der Waals surface area contributed by atoms with Gasteiger partial charge in [0.2, 0.25) is 0 Å². The average Bonchev–Trinajstić information content (AvgIpc) is 3.81. The Hall–Kier alpha value is -4.17. The number of halogens is 1. The van der Waals surface area contributed by atoms with E-state index in [4.69, 9.17) is 9.72 Å². The van der Waals surface area contributed by atoms with Crippen LogP contribution in [-0.4, -0.2) is 86.1 Å². The minimum Gasteiger partial charge on any atom is -0.489 e. The van der Waals surface area contributed by atoms with Crippen molar-refractivity contribution in [1.82, 2.24) is 34.0 Å². The molecule has 0 atom stereocenters. The molecule has 1 aliphatic heterocycles. The number of hydrogen-bond donors (Lipinski definition) is 2. The van der Waals surface area contributed by atoms with E-state index in [1.165, 1.54) is 12.4 Å². The summed E-state index contributed by atoms with van der Waals surface area (Å²) in [7, 11) is -1.36. The highest BCUT2D eigenvalue weighted by atomic mass is 32.2. The van der Waals surface area contributed by atoms with Crippen molar-refractivity contribution in [2.45, 2.75) is 74.9 Å². The maximum absolute atomic E-state index is 13.9. The van der Waals surface area contributed by atoms with Crippen molar-refractivity contribution < 1.29 is 17.5 Å². The lowest BCUT2D eigenvalue weighted by Gasteiger charge is -2.29. The van der Waals surface area contributed by atoms with E-state index in [1.54, 1.807) is 24.7 Å². The molecule has 2 aliphatic carbocycles.